The van der Waals surface area contributed by atoms with E-state index in [1.54, 1.807) is 6.07 Å². The van der Waals surface area contributed by atoms with Crippen molar-refractivity contribution in [1.82, 2.24) is 15.1 Å². The molecule has 0 saturated carbocycles. The second-order valence-corrected chi connectivity index (χ2v) is 5.76. The molecule has 0 saturated heterocycles. The Labute approximate surface area is 127 Å². The number of benzene rings is 1. The molecule has 5 heteroatoms. The quantitative estimate of drug-likeness (QED) is 0.904. The zero-order valence-corrected chi connectivity index (χ0v) is 13.5. The summed E-state index contributed by atoms with van der Waals surface area (Å²) in [7, 11) is 3.81. The number of nitrogens with zero attached hydrogens (tertiary/aromatic N) is 2. The van der Waals surface area contributed by atoms with Crippen molar-refractivity contribution < 1.29 is 4.39 Å². The van der Waals surface area contributed by atoms with E-state index in [1.165, 1.54) is 6.07 Å². The topological polar surface area (TPSA) is 29.9 Å². The molecule has 1 N–H and O–H groups in total. The number of nitrogens with one attached hydrogen (secondary N) is 1. The number of aryl methyl sites for hydroxylation is 2. The van der Waals surface area contributed by atoms with E-state index in [9.17, 15) is 4.39 Å². The molecule has 0 aliphatic heterocycles. The fourth-order valence-corrected chi connectivity index (χ4v) is 2.81. The molecule has 2 rings (SSSR count). The standard InChI is InChI=1S/C15H19BrFN3/c1-4-14-12(9-20(3)19-14)15(18-2)8-10-7-11(16)5-6-13(10)17/h5-7,9,15,18H,4,8H2,1-3H3. The molecule has 0 spiro atoms. The first-order chi connectivity index (χ1) is 9.55. The molecule has 1 heterocycles. The van der Waals surface area contributed by atoms with Gasteiger partial charge < -0.3 is 5.32 Å². The molecule has 1 atom stereocenters. The van der Waals surface area contributed by atoms with E-state index in [-0.39, 0.29) is 11.9 Å². The van der Waals surface area contributed by atoms with Crippen LogP contribution in [0.1, 0.15) is 29.8 Å². The first kappa shape index (κ1) is 15.2. The van der Waals surface area contributed by atoms with Gasteiger partial charge in [0, 0.05) is 29.3 Å². The van der Waals surface area contributed by atoms with Gasteiger partial charge in [-0.15, -0.1) is 0 Å². The molecular formula is C15H19BrFN3. The van der Waals surface area contributed by atoms with Crippen molar-refractivity contribution in [2.45, 2.75) is 25.8 Å². The lowest BCUT2D eigenvalue weighted by atomic mass is 9.98. The predicted molar refractivity (Wildman–Crippen MR) is 82.2 cm³/mol. The summed E-state index contributed by atoms with van der Waals surface area (Å²) >= 11 is 3.39. The minimum atomic E-state index is -0.171. The molecule has 20 heavy (non-hydrogen) atoms. The van der Waals surface area contributed by atoms with Gasteiger partial charge in [0.1, 0.15) is 5.82 Å². The average molecular weight is 340 g/mol. The largest absolute Gasteiger partial charge is 0.313 e. The third-order valence-corrected chi connectivity index (χ3v) is 3.92. The Morgan fingerprint density at radius 1 is 1.45 bits per heavy atom. The Bertz CT molecular complexity index is 595. The van der Waals surface area contributed by atoms with Crippen LogP contribution in [0.2, 0.25) is 0 Å². The van der Waals surface area contributed by atoms with E-state index < -0.39 is 0 Å². The second-order valence-electron chi connectivity index (χ2n) is 4.84. The predicted octanol–water partition coefficient (Wildman–Crippen LogP) is 3.39. The number of rotatable bonds is 5. The lowest BCUT2D eigenvalue weighted by molar-refractivity contribution is 0.551. The van der Waals surface area contributed by atoms with E-state index in [2.05, 4.69) is 33.3 Å². The molecule has 1 unspecified atom stereocenters. The van der Waals surface area contributed by atoms with Crippen LogP contribution in [0.15, 0.2) is 28.9 Å². The van der Waals surface area contributed by atoms with Gasteiger partial charge in [-0.05, 0) is 43.7 Å². The van der Waals surface area contributed by atoms with Gasteiger partial charge in [-0.3, -0.25) is 4.68 Å². The molecule has 0 aliphatic rings. The minimum absolute atomic E-state index is 0.0578. The fourth-order valence-electron chi connectivity index (χ4n) is 2.41. The molecule has 0 amide bonds. The number of hydrogen-bond acceptors (Lipinski definition) is 2. The lowest BCUT2D eigenvalue weighted by Gasteiger charge is -2.17. The van der Waals surface area contributed by atoms with Gasteiger partial charge in [0.2, 0.25) is 0 Å². The van der Waals surface area contributed by atoms with Crippen molar-refractivity contribution >= 4 is 15.9 Å². The maximum Gasteiger partial charge on any atom is 0.126 e. The Morgan fingerprint density at radius 2 is 2.20 bits per heavy atom. The molecule has 2 aromatic rings. The molecule has 1 aromatic heterocycles. The van der Waals surface area contributed by atoms with Gasteiger partial charge >= 0.3 is 0 Å². The van der Waals surface area contributed by atoms with Gasteiger partial charge in [-0.1, -0.05) is 22.9 Å². The SMILES string of the molecule is CCc1nn(C)cc1C(Cc1cc(Br)ccc1F)NC. The number of likely N-dealkylation sites (N-methyl/N-ethyl adjacent to an activating group) is 1. The maximum absolute atomic E-state index is 13.9. The monoisotopic (exact) mass is 339 g/mol. The molecule has 0 radical (unpaired) electrons. The third kappa shape index (κ3) is 3.27. The van der Waals surface area contributed by atoms with E-state index in [0.717, 1.165) is 22.2 Å². The number of hydrogen-bond donors (Lipinski definition) is 1. The summed E-state index contributed by atoms with van der Waals surface area (Å²) in [5, 5.41) is 7.72. The van der Waals surface area contributed by atoms with Crippen LogP contribution in [0.4, 0.5) is 4.39 Å². The van der Waals surface area contributed by atoms with E-state index in [4.69, 9.17) is 0 Å². The van der Waals surface area contributed by atoms with E-state index in [0.29, 0.717) is 12.0 Å². The second kappa shape index (κ2) is 6.50. The summed E-state index contributed by atoms with van der Waals surface area (Å²) in [6.07, 6.45) is 3.48. The highest BCUT2D eigenvalue weighted by Gasteiger charge is 2.18. The van der Waals surface area contributed by atoms with Gasteiger partial charge in [0.15, 0.2) is 0 Å². The molecule has 0 fully saturated rings. The summed E-state index contributed by atoms with van der Waals surface area (Å²) in [6.45, 7) is 2.08. The van der Waals surface area contributed by atoms with Crippen LogP contribution in [-0.4, -0.2) is 16.8 Å². The highest BCUT2D eigenvalue weighted by atomic mass is 79.9. The Morgan fingerprint density at radius 3 is 2.85 bits per heavy atom. The lowest BCUT2D eigenvalue weighted by Crippen LogP contribution is -2.20. The van der Waals surface area contributed by atoms with Crippen molar-refractivity contribution in [3.05, 3.63) is 51.5 Å². The third-order valence-electron chi connectivity index (χ3n) is 3.43. The smallest absolute Gasteiger partial charge is 0.126 e. The van der Waals surface area contributed by atoms with Crippen LogP contribution in [-0.2, 0) is 19.9 Å². The molecule has 108 valence electrons. The average Bonchev–Trinajstić information content (AvgIpc) is 2.80. The van der Waals surface area contributed by atoms with E-state index in [1.807, 2.05) is 31.0 Å². The van der Waals surface area contributed by atoms with E-state index >= 15 is 0 Å². The van der Waals surface area contributed by atoms with Gasteiger partial charge in [-0.25, -0.2) is 4.39 Å². The summed E-state index contributed by atoms with van der Waals surface area (Å²) in [6, 6.07) is 5.11. The summed E-state index contributed by atoms with van der Waals surface area (Å²) in [5.41, 5.74) is 2.89. The zero-order chi connectivity index (χ0) is 14.7. The fraction of sp³-hybridized carbons (Fsp3) is 0.400. The van der Waals surface area contributed by atoms with Crippen molar-refractivity contribution in [1.29, 1.82) is 0 Å². The maximum atomic E-state index is 13.9. The summed E-state index contributed by atoms with van der Waals surface area (Å²) in [4.78, 5) is 0. The number of aromatic nitrogens is 2. The van der Waals surface area contributed by atoms with Crippen molar-refractivity contribution in [2.24, 2.45) is 7.05 Å². The van der Waals surface area contributed by atoms with Crippen LogP contribution < -0.4 is 5.32 Å². The molecule has 3 nitrogen and oxygen atoms in total. The highest BCUT2D eigenvalue weighted by Crippen LogP contribution is 2.24. The zero-order valence-electron chi connectivity index (χ0n) is 12.0. The van der Waals surface area contributed by atoms with Crippen LogP contribution in [0.5, 0.6) is 0 Å². The summed E-state index contributed by atoms with van der Waals surface area (Å²) < 4.78 is 16.6. The van der Waals surface area contributed by atoms with Crippen molar-refractivity contribution in [3.63, 3.8) is 0 Å². The van der Waals surface area contributed by atoms with Crippen LogP contribution >= 0.6 is 15.9 Å². The van der Waals surface area contributed by atoms with Crippen LogP contribution in [0, 0.1) is 5.82 Å². The Hall–Kier alpha value is -1.20. The summed E-state index contributed by atoms with van der Waals surface area (Å²) in [5.74, 6) is -0.171. The van der Waals surface area contributed by atoms with Crippen molar-refractivity contribution in [2.75, 3.05) is 7.05 Å². The Balaban J connectivity index is 2.30. The first-order valence-corrected chi connectivity index (χ1v) is 7.48. The van der Waals surface area contributed by atoms with Crippen LogP contribution in [0.3, 0.4) is 0 Å². The van der Waals surface area contributed by atoms with Gasteiger partial charge in [0.05, 0.1) is 5.69 Å². The molecule has 1 aromatic carbocycles. The normalized spacial score (nSPS) is 12.7. The highest BCUT2D eigenvalue weighted by molar-refractivity contribution is 9.10. The molecule has 0 aliphatic carbocycles. The number of halogens is 2. The minimum Gasteiger partial charge on any atom is -0.313 e. The molecular weight excluding hydrogens is 321 g/mol. The Kier molecular flexibility index (Phi) is 4.94. The van der Waals surface area contributed by atoms with Gasteiger partial charge in [-0.2, -0.15) is 5.10 Å². The van der Waals surface area contributed by atoms with Crippen LogP contribution in [0.25, 0.3) is 0 Å². The molecule has 0 bridgehead atoms. The van der Waals surface area contributed by atoms with Crippen molar-refractivity contribution in [3.8, 4) is 0 Å². The van der Waals surface area contributed by atoms with Gasteiger partial charge in [0.25, 0.3) is 0 Å². The first-order valence-electron chi connectivity index (χ1n) is 6.68.